The molecule has 0 aliphatic heterocycles. The van der Waals surface area contributed by atoms with E-state index in [1.54, 1.807) is 11.8 Å². The van der Waals surface area contributed by atoms with Gasteiger partial charge in [-0.1, -0.05) is 13.8 Å². The van der Waals surface area contributed by atoms with E-state index in [2.05, 4.69) is 14.4 Å². The van der Waals surface area contributed by atoms with Crippen molar-refractivity contribution in [2.75, 3.05) is 6.26 Å². The molecule has 0 aliphatic rings. The van der Waals surface area contributed by atoms with E-state index < -0.39 is 0 Å². The lowest BCUT2D eigenvalue weighted by atomic mass is 10.5. The molecular formula is C11H17N3S. The first-order valence-electron chi connectivity index (χ1n) is 5.07. The SMILES string of the molecule is CC.CSc1nc(C)cn2c(C)cnc12. The van der Waals surface area contributed by atoms with Gasteiger partial charge in [-0.25, -0.2) is 9.97 Å². The van der Waals surface area contributed by atoms with E-state index in [0.29, 0.717) is 0 Å². The Morgan fingerprint density at radius 2 is 1.93 bits per heavy atom. The predicted molar refractivity (Wildman–Crippen MR) is 65.6 cm³/mol. The van der Waals surface area contributed by atoms with Gasteiger partial charge >= 0.3 is 0 Å². The summed E-state index contributed by atoms with van der Waals surface area (Å²) in [6.45, 7) is 8.04. The second-order valence-electron chi connectivity index (χ2n) is 2.98. The van der Waals surface area contributed by atoms with Crippen LogP contribution in [0.15, 0.2) is 17.4 Å². The molecule has 15 heavy (non-hydrogen) atoms. The van der Waals surface area contributed by atoms with Gasteiger partial charge in [0.05, 0.1) is 5.69 Å². The summed E-state index contributed by atoms with van der Waals surface area (Å²) >= 11 is 1.63. The van der Waals surface area contributed by atoms with Crippen LogP contribution in [-0.2, 0) is 0 Å². The van der Waals surface area contributed by atoms with E-state index >= 15 is 0 Å². The van der Waals surface area contributed by atoms with Crippen molar-refractivity contribution in [1.29, 1.82) is 0 Å². The Morgan fingerprint density at radius 1 is 1.27 bits per heavy atom. The van der Waals surface area contributed by atoms with Crippen molar-refractivity contribution in [3.63, 3.8) is 0 Å². The summed E-state index contributed by atoms with van der Waals surface area (Å²) in [6.07, 6.45) is 5.90. The minimum atomic E-state index is 0.954. The Hall–Kier alpha value is -1.03. The Morgan fingerprint density at radius 3 is 2.53 bits per heavy atom. The van der Waals surface area contributed by atoms with Crippen LogP contribution in [-0.4, -0.2) is 20.6 Å². The van der Waals surface area contributed by atoms with Crippen LogP contribution in [0.4, 0.5) is 0 Å². The zero-order valence-electron chi connectivity index (χ0n) is 9.90. The van der Waals surface area contributed by atoms with E-state index in [0.717, 1.165) is 22.1 Å². The average molecular weight is 223 g/mol. The van der Waals surface area contributed by atoms with Crippen molar-refractivity contribution in [1.82, 2.24) is 14.4 Å². The van der Waals surface area contributed by atoms with E-state index in [4.69, 9.17) is 0 Å². The van der Waals surface area contributed by atoms with Gasteiger partial charge in [0.15, 0.2) is 5.65 Å². The minimum Gasteiger partial charge on any atom is -0.300 e. The maximum Gasteiger partial charge on any atom is 0.169 e. The highest BCUT2D eigenvalue weighted by molar-refractivity contribution is 7.98. The number of imidazole rings is 1. The molecule has 0 amide bonds. The fourth-order valence-corrected chi connectivity index (χ4v) is 1.90. The van der Waals surface area contributed by atoms with Gasteiger partial charge in [0.2, 0.25) is 0 Å². The van der Waals surface area contributed by atoms with Crippen LogP contribution < -0.4 is 0 Å². The molecule has 2 aromatic heterocycles. The lowest BCUT2D eigenvalue weighted by molar-refractivity contribution is 0.967. The monoisotopic (exact) mass is 223 g/mol. The van der Waals surface area contributed by atoms with Crippen molar-refractivity contribution in [3.8, 4) is 0 Å². The summed E-state index contributed by atoms with van der Waals surface area (Å²) in [6, 6.07) is 0. The topological polar surface area (TPSA) is 30.2 Å². The van der Waals surface area contributed by atoms with Gasteiger partial charge < -0.3 is 4.40 Å². The highest BCUT2D eigenvalue weighted by atomic mass is 32.2. The van der Waals surface area contributed by atoms with Crippen LogP contribution in [0.2, 0.25) is 0 Å². The Kier molecular flexibility index (Phi) is 4.15. The van der Waals surface area contributed by atoms with Crippen LogP contribution >= 0.6 is 11.8 Å². The van der Waals surface area contributed by atoms with Crippen molar-refractivity contribution in [2.45, 2.75) is 32.7 Å². The van der Waals surface area contributed by atoms with Crippen molar-refractivity contribution < 1.29 is 0 Å². The van der Waals surface area contributed by atoms with Gasteiger partial charge in [0.1, 0.15) is 5.03 Å². The number of thioether (sulfide) groups is 1. The minimum absolute atomic E-state index is 0.954. The summed E-state index contributed by atoms with van der Waals surface area (Å²) in [5, 5.41) is 0.994. The number of fused-ring (bicyclic) bond motifs is 1. The van der Waals surface area contributed by atoms with Crippen LogP contribution in [0.5, 0.6) is 0 Å². The first kappa shape index (κ1) is 12.0. The highest BCUT2D eigenvalue weighted by Gasteiger charge is 2.06. The maximum absolute atomic E-state index is 4.41. The smallest absolute Gasteiger partial charge is 0.169 e. The van der Waals surface area contributed by atoms with Crippen LogP contribution in [0.25, 0.3) is 5.65 Å². The van der Waals surface area contributed by atoms with Crippen LogP contribution in [0.3, 0.4) is 0 Å². The number of hydrogen-bond donors (Lipinski definition) is 0. The van der Waals surface area contributed by atoms with Gasteiger partial charge in [0.25, 0.3) is 0 Å². The molecule has 0 saturated carbocycles. The zero-order valence-corrected chi connectivity index (χ0v) is 10.7. The summed E-state index contributed by atoms with van der Waals surface area (Å²) in [5.41, 5.74) is 3.13. The lowest BCUT2D eigenvalue weighted by Crippen LogP contribution is -1.94. The summed E-state index contributed by atoms with van der Waals surface area (Å²) < 4.78 is 2.08. The van der Waals surface area contributed by atoms with Gasteiger partial charge in [-0.05, 0) is 20.1 Å². The molecule has 2 aromatic rings. The molecule has 0 saturated heterocycles. The Balaban J connectivity index is 0.000000531. The van der Waals surface area contributed by atoms with Crippen LogP contribution in [0, 0.1) is 13.8 Å². The molecular weight excluding hydrogens is 206 g/mol. The molecule has 0 unspecified atom stereocenters. The van der Waals surface area contributed by atoms with Crippen molar-refractivity contribution >= 4 is 17.4 Å². The first-order chi connectivity index (χ1) is 7.22. The second-order valence-corrected chi connectivity index (χ2v) is 3.78. The number of hydrogen-bond acceptors (Lipinski definition) is 3. The Labute approximate surface area is 94.9 Å². The van der Waals surface area contributed by atoms with Gasteiger partial charge in [-0.3, -0.25) is 0 Å². The third-order valence-electron chi connectivity index (χ3n) is 1.96. The van der Waals surface area contributed by atoms with E-state index in [1.807, 2.05) is 46.3 Å². The Bertz CT molecular complexity index is 448. The molecule has 0 aromatic carbocycles. The predicted octanol–water partition coefficient (Wildman–Crippen LogP) is 3.09. The quantitative estimate of drug-likeness (QED) is 0.696. The van der Waals surface area contributed by atoms with E-state index in [9.17, 15) is 0 Å². The number of nitrogens with zero attached hydrogens (tertiary/aromatic N) is 3. The average Bonchev–Trinajstić information content (AvgIpc) is 2.62. The standard InChI is InChI=1S/C9H11N3S.C2H6/c1-6-5-12-7(2)4-10-8(12)9(11-6)13-3;1-2/h4-5H,1-3H3;1-2H3. The maximum atomic E-state index is 4.41. The van der Waals surface area contributed by atoms with Gasteiger partial charge in [-0.15, -0.1) is 11.8 Å². The van der Waals surface area contributed by atoms with Gasteiger partial charge in [0, 0.05) is 18.1 Å². The largest absolute Gasteiger partial charge is 0.300 e. The molecule has 2 heterocycles. The van der Waals surface area contributed by atoms with E-state index in [-0.39, 0.29) is 0 Å². The third-order valence-corrected chi connectivity index (χ3v) is 2.62. The molecule has 3 nitrogen and oxygen atoms in total. The molecule has 0 atom stereocenters. The fraction of sp³-hybridized carbons (Fsp3) is 0.455. The zero-order chi connectivity index (χ0) is 11.4. The number of aromatic nitrogens is 3. The highest BCUT2D eigenvalue weighted by Crippen LogP contribution is 2.19. The molecule has 0 bridgehead atoms. The first-order valence-corrected chi connectivity index (χ1v) is 6.30. The molecule has 0 aliphatic carbocycles. The molecule has 2 rings (SSSR count). The number of rotatable bonds is 1. The van der Waals surface area contributed by atoms with Crippen LogP contribution in [0.1, 0.15) is 25.2 Å². The van der Waals surface area contributed by atoms with Gasteiger partial charge in [-0.2, -0.15) is 0 Å². The number of aryl methyl sites for hydroxylation is 2. The molecule has 0 spiro atoms. The van der Waals surface area contributed by atoms with E-state index in [1.165, 1.54) is 0 Å². The lowest BCUT2D eigenvalue weighted by Gasteiger charge is -2.02. The van der Waals surface area contributed by atoms with Crippen molar-refractivity contribution in [3.05, 3.63) is 23.8 Å². The molecule has 0 radical (unpaired) electrons. The van der Waals surface area contributed by atoms with Crippen molar-refractivity contribution in [2.24, 2.45) is 0 Å². The fourth-order valence-electron chi connectivity index (χ4n) is 1.33. The normalized spacial score (nSPS) is 9.93. The summed E-state index contributed by atoms with van der Waals surface area (Å²) in [4.78, 5) is 8.72. The molecule has 4 heteroatoms. The third kappa shape index (κ3) is 2.31. The molecule has 0 N–H and O–H groups in total. The second kappa shape index (κ2) is 5.16. The molecule has 82 valence electrons. The molecule has 0 fully saturated rings. The summed E-state index contributed by atoms with van der Waals surface area (Å²) in [7, 11) is 0. The summed E-state index contributed by atoms with van der Waals surface area (Å²) in [5.74, 6) is 0.